The Bertz CT molecular complexity index is 1130. The van der Waals surface area contributed by atoms with Gasteiger partial charge >= 0.3 is 5.97 Å². The van der Waals surface area contributed by atoms with Crippen molar-refractivity contribution in [2.45, 2.75) is 43.2 Å². The zero-order chi connectivity index (χ0) is 24.6. The van der Waals surface area contributed by atoms with E-state index in [0.29, 0.717) is 30.8 Å². The summed E-state index contributed by atoms with van der Waals surface area (Å²) in [4.78, 5) is 41.9. The minimum Gasteiger partial charge on any atom is -0.480 e. The largest absolute Gasteiger partial charge is 0.480 e. The van der Waals surface area contributed by atoms with E-state index in [4.69, 9.17) is 10.5 Å². The van der Waals surface area contributed by atoms with Crippen LogP contribution >= 0.6 is 0 Å². The van der Waals surface area contributed by atoms with Gasteiger partial charge in [-0.25, -0.2) is 0 Å². The molecule has 2 heterocycles. The summed E-state index contributed by atoms with van der Waals surface area (Å²) in [7, 11) is 0. The molecule has 1 saturated carbocycles. The third kappa shape index (κ3) is 4.00. The summed E-state index contributed by atoms with van der Waals surface area (Å²) in [6.45, 7) is 2.88. The van der Waals surface area contributed by atoms with Crippen LogP contribution in [-0.4, -0.2) is 61.2 Å². The first-order chi connectivity index (χ1) is 17.0. The predicted octanol–water partition coefficient (Wildman–Crippen LogP) is 2.81. The van der Waals surface area contributed by atoms with Crippen molar-refractivity contribution in [2.24, 2.45) is 11.7 Å². The number of carboxylic acid groups (broad SMARTS) is 1. The van der Waals surface area contributed by atoms with E-state index in [2.05, 4.69) is 4.90 Å². The van der Waals surface area contributed by atoms with Gasteiger partial charge in [0.05, 0.1) is 13.2 Å². The Kier molecular flexibility index (Phi) is 6.34. The number of ether oxygens (including phenoxy) is 1. The topological polar surface area (TPSA) is 113 Å². The number of para-hydroxylation sites is 1. The highest BCUT2D eigenvalue weighted by Crippen LogP contribution is 2.53. The average Bonchev–Trinajstić information content (AvgIpc) is 3.36. The maximum absolute atomic E-state index is 14.0. The molecule has 5 rings (SSSR count). The third-order valence-corrected chi connectivity index (χ3v) is 7.89. The van der Waals surface area contributed by atoms with E-state index in [1.165, 1.54) is 0 Å². The number of benzene rings is 2. The Balaban J connectivity index is 1.57. The quantitative estimate of drug-likeness (QED) is 0.615. The van der Waals surface area contributed by atoms with Gasteiger partial charge in [-0.3, -0.25) is 9.59 Å². The maximum atomic E-state index is 14.0. The van der Waals surface area contributed by atoms with Gasteiger partial charge in [-0.15, -0.1) is 0 Å². The van der Waals surface area contributed by atoms with Gasteiger partial charge in [-0.05, 0) is 48.6 Å². The summed E-state index contributed by atoms with van der Waals surface area (Å²) in [5.74, 6) is -1.99. The Morgan fingerprint density at radius 2 is 1.89 bits per heavy atom. The van der Waals surface area contributed by atoms with Gasteiger partial charge in [0.25, 0.3) is 5.91 Å². The van der Waals surface area contributed by atoms with Crippen molar-refractivity contribution in [1.82, 2.24) is 0 Å². The molecule has 1 aliphatic carbocycles. The fourth-order valence-electron chi connectivity index (χ4n) is 6.26. The minimum atomic E-state index is -1.73. The van der Waals surface area contributed by atoms with Crippen LogP contribution in [0.15, 0.2) is 48.5 Å². The number of carbonyl (C=O) groups is 3. The van der Waals surface area contributed by atoms with Crippen LogP contribution in [0.25, 0.3) is 0 Å². The molecule has 0 aromatic heterocycles. The highest BCUT2D eigenvalue weighted by molar-refractivity contribution is 6.08. The summed E-state index contributed by atoms with van der Waals surface area (Å²) < 4.78 is 5.46. The molecule has 2 aromatic carbocycles. The van der Waals surface area contributed by atoms with Gasteiger partial charge in [0.15, 0.2) is 0 Å². The lowest BCUT2D eigenvalue weighted by molar-refractivity contribution is -0.146. The number of carboxylic acids is 1. The van der Waals surface area contributed by atoms with E-state index in [9.17, 15) is 19.5 Å². The molecule has 0 spiro atoms. The van der Waals surface area contributed by atoms with Crippen molar-refractivity contribution in [3.05, 3.63) is 59.7 Å². The van der Waals surface area contributed by atoms with Crippen LogP contribution in [0.2, 0.25) is 0 Å². The van der Waals surface area contributed by atoms with Crippen LogP contribution in [0.1, 0.15) is 47.5 Å². The first kappa shape index (κ1) is 23.5. The van der Waals surface area contributed by atoms with Crippen molar-refractivity contribution >= 4 is 29.5 Å². The zero-order valence-electron chi connectivity index (χ0n) is 19.6. The molecule has 2 aromatic rings. The van der Waals surface area contributed by atoms with E-state index in [1.54, 1.807) is 0 Å². The summed E-state index contributed by atoms with van der Waals surface area (Å²) in [6, 6.07) is 14.9. The molecule has 2 aliphatic heterocycles. The molecule has 0 bridgehead atoms. The number of nitrogens with two attached hydrogens (primary N) is 1. The molecule has 8 heteroatoms. The lowest BCUT2D eigenvalue weighted by Crippen LogP contribution is -2.60. The van der Waals surface area contributed by atoms with Gasteiger partial charge in [0.1, 0.15) is 11.8 Å². The van der Waals surface area contributed by atoms with Crippen molar-refractivity contribution in [1.29, 1.82) is 0 Å². The van der Waals surface area contributed by atoms with Crippen LogP contribution in [0.5, 0.6) is 0 Å². The SMILES string of the molecule is NC(CC=O)(C(=O)O)C1c2ccccc2N(C(=O)c2cccc(N3CCOCC3)c2)C2CCCC21. The molecule has 35 heavy (non-hydrogen) atoms. The molecule has 1 amide bonds. The third-order valence-electron chi connectivity index (χ3n) is 7.89. The van der Waals surface area contributed by atoms with Crippen molar-refractivity contribution in [2.75, 3.05) is 36.1 Å². The van der Waals surface area contributed by atoms with Crippen molar-refractivity contribution in [3.8, 4) is 0 Å². The second-order valence-electron chi connectivity index (χ2n) is 9.74. The average molecular weight is 478 g/mol. The lowest BCUT2D eigenvalue weighted by atomic mass is 9.66. The predicted molar refractivity (Wildman–Crippen MR) is 132 cm³/mol. The van der Waals surface area contributed by atoms with Crippen molar-refractivity contribution < 1.29 is 24.2 Å². The minimum absolute atomic E-state index is 0.101. The summed E-state index contributed by atoms with van der Waals surface area (Å²) in [6.07, 6.45) is 2.71. The monoisotopic (exact) mass is 477 g/mol. The van der Waals surface area contributed by atoms with E-state index < -0.39 is 17.4 Å². The molecule has 3 N–H and O–H groups in total. The van der Waals surface area contributed by atoms with E-state index in [-0.39, 0.29) is 24.3 Å². The lowest BCUT2D eigenvalue weighted by Gasteiger charge is -2.48. The van der Waals surface area contributed by atoms with E-state index >= 15 is 0 Å². The van der Waals surface area contributed by atoms with Gasteiger partial charge in [-0.1, -0.05) is 30.7 Å². The highest BCUT2D eigenvalue weighted by atomic mass is 16.5. The molecule has 4 unspecified atom stereocenters. The molecule has 3 aliphatic rings. The molecule has 1 saturated heterocycles. The summed E-state index contributed by atoms with van der Waals surface area (Å²) in [5.41, 5.74) is 7.75. The smallest absolute Gasteiger partial charge is 0.324 e. The molecule has 0 radical (unpaired) electrons. The fourth-order valence-corrected chi connectivity index (χ4v) is 6.26. The molecule has 8 nitrogen and oxygen atoms in total. The van der Waals surface area contributed by atoms with Crippen LogP contribution < -0.4 is 15.5 Å². The number of rotatable bonds is 6. The molecule has 4 atom stereocenters. The van der Waals surface area contributed by atoms with E-state index in [0.717, 1.165) is 43.6 Å². The highest BCUT2D eigenvalue weighted by Gasteiger charge is 2.55. The second kappa shape index (κ2) is 9.43. The van der Waals surface area contributed by atoms with Crippen LogP contribution in [0.3, 0.4) is 0 Å². The second-order valence-corrected chi connectivity index (χ2v) is 9.74. The summed E-state index contributed by atoms with van der Waals surface area (Å²) in [5, 5.41) is 10.1. The van der Waals surface area contributed by atoms with Crippen LogP contribution in [0.4, 0.5) is 11.4 Å². The van der Waals surface area contributed by atoms with Crippen LogP contribution in [0, 0.1) is 5.92 Å². The van der Waals surface area contributed by atoms with Crippen molar-refractivity contribution in [3.63, 3.8) is 0 Å². The number of morpholine rings is 1. The number of nitrogens with zero attached hydrogens (tertiary/aromatic N) is 2. The van der Waals surface area contributed by atoms with Gasteiger partial charge in [0.2, 0.25) is 0 Å². The first-order valence-corrected chi connectivity index (χ1v) is 12.3. The zero-order valence-corrected chi connectivity index (χ0v) is 19.6. The Labute approximate surface area is 204 Å². The Morgan fingerprint density at radius 3 is 2.63 bits per heavy atom. The number of amides is 1. The standard InChI is InChI=1S/C27H31N3O5/c28-27(11-14-31,26(33)34)24-20-7-1-2-9-22(20)30(23-10-4-8-21(23)24)25(32)18-5-3-6-19(17-18)29-12-15-35-16-13-29/h1-3,5-7,9,14,17,21,23-24H,4,8,10-13,15-16,28H2,(H,33,34). The number of anilines is 2. The first-order valence-electron chi connectivity index (χ1n) is 12.3. The van der Waals surface area contributed by atoms with Gasteiger partial charge < -0.3 is 30.2 Å². The fraction of sp³-hybridized carbons (Fsp3) is 0.444. The number of aliphatic carboxylic acids is 1. The number of fused-ring (bicyclic) bond motifs is 2. The van der Waals surface area contributed by atoms with Gasteiger partial charge in [-0.2, -0.15) is 0 Å². The normalized spacial score (nSPS) is 25.3. The molecule has 184 valence electrons. The number of carbonyl (C=O) groups excluding carboxylic acids is 2. The van der Waals surface area contributed by atoms with E-state index in [1.807, 2.05) is 53.4 Å². The molecular formula is C27H31N3O5. The number of hydrogen-bond acceptors (Lipinski definition) is 6. The van der Waals surface area contributed by atoms with Gasteiger partial charge in [0, 0.05) is 48.4 Å². The van der Waals surface area contributed by atoms with Crippen LogP contribution in [-0.2, 0) is 14.3 Å². The Morgan fingerprint density at radius 1 is 1.11 bits per heavy atom. The number of aldehydes is 1. The summed E-state index contributed by atoms with van der Waals surface area (Å²) >= 11 is 0. The number of hydrogen-bond donors (Lipinski definition) is 2. The molecule has 2 fully saturated rings. The Hall–Kier alpha value is -3.23. The maximum Gasteiger partial charge on any atom is 0.324 e. The molecular weight excluding hydrogens is 446 g/mol.